The third kappa shape index (κ3) is 3.07. The van der Waals surface area contributed by atoms with Gasteiger partial charge in [0, 0.05) is 44.4 Å². The maximum absolute atomic E-state index is 5.99. The maximum Gasteiger partial charge on any atom is 0.137 e. The largest absolute Gasteiger partial charge is 0.383 e. The van der Waals surface area contributed by atoms with Crippen molar-refractivity contribution >= 4 is 11.6 Å². The molecule has 2 N–H and O–H groups in total. The predicted octanol–water partition coefficient (Wildman–Crippen LogP) is 1.69. The zero-order chi connectivity index (χ0) is 14.7. The number of rotatable bonds is 5. The maximum atomic E-state index is 5.99. The van der Waals surface area contributed by atoms with Crippen LogP contribution < -0.4 is 10.6 Å². The summed E-state index contributed by atoms with van der Waals surface area (Å²) < 4.78 is 1.80. The van der Waals surface area contributed by atoms with Crippen molar-refractivity contribution in [1.29, 1.82) is 0 Å². The Morgan fingerprint density at radius 3 is 2.70 bits per heavy atom. The lowest BCUT2D eigenvalue weighted by atomic mass is 10.2. The SMILES string of the molecule is CCCc1nc(N)c(C)c(N(C)Cc2cnn(C)c2)n1. The molecule has 0 saturated carbocycles. The van der Waals surface area contributed by atoms with Gasteiger partial charge in [0.15, 0.2) is 0 Å². The lowest BCUT2D eigenvalue weighted by Crippen LogP contribution is -2.20. The van der Waals surface area contributed by atoms with E-state index in [1.165, 1.54) is 0 Å². The fourth-order valence-electron chi connectivity index (χ4n) is 2.18. The molecule has 0 unspecified atom stereocenters. The van der Waals surface area contributed by atoms with Gasteiger partial charge in [-0.3, -0.25) is 4.68 Å². The summed E-state index contributed by atoms with van der Waals surface area (Å²) in [5.41, 5.74) is 8.06. The normalized spacial score (nSPS) is 10.8. The molecule has 0 atom stereocenters. The molecule has 108 valence electrons. The average Bonchev–Trinajstić information content (AvgIpc) is 2.79. The highest BCUT2D eigenvalue weighted by molar-refractivity contribution is 5.56. The van der Waals surface area contributed by atoms with Crippen LogP contribution in [0.3, 0.4) is 0 Å². The van der Waals surface area contributed by atoms with E-state index in [1.54, 1.807) is 4.68 Å². The average molecular weight is 274 g/mol. The fourth-order valence-corrected chi connectivity index (χ4v) is 2.18. The van der Waals surface area contributed by atoms with E-state index in [-0.39, 0.29) is 0 Å². The van der Waals surface area contributed by atoms with E-state index >= 15 is 0 Å². The van der Waals surface area contributed by atoms with Gasteiger partial charge in [0.1, 0.15) is 17.5 Å². The molecule has 0 radical (unpaired) electrons. The highest BCUT2D eigenvalue weighted by Gasteiger charge is 2.13. The van der Waals surface area contributed by atoms with E-state index in [9.17, 15) is 0 Å². The summed E-state index contributed by atoms with van der Waals surface area (Å²) in [6.07, 6.45) is 5.72. The van der Waals surface area contributed by atoms with Crippen molar-refractivity contribution in [3.8, 4) is 0 Å². The van der Waals surface area contributed by atoms with Crippen molar-refractivity contribution in [2.75, 3.05) is 17.7 Å². The Kier molecular flexibility index (Phi) is 4.22. The van der Waals surface area contributed by atoms with Gasteiger partial charge in [-0.1, -0.05) is 6.92 Å². The molecule has 6 nitrogen and oxygen atoms in total. The Balaban J connectivity index is 2.25. The number of aryl methyl sites for hydroxylation is 2. The van der Waals surface area contributed by atoms with Crippen molar-refractivity contribution in [2.45, 2.75) is 33.2 Å². The quantitative estimate of drug-likeness (QED) is 0.898. The van der Waals surface area contributed by atoms with Crippen molar-refractivity contribution < 1.29 is 0 Å². The molecular weight excluding hydrogens is 252 g/mol. The van der Waals surface area contributed by atoms with Crippen LogP contribution in [0.2, 0.25) is 0 Å². The summed E-state index contributed by atoms with van der Waals surface area (Å²) in [5, 5.41) is 4.18. The van der Waals surface area contributed by atoms with Crippen LogP contribution in [0.15, 0.2) is 12.4 Å². The van der Waals surface area contributed by atoms with Gasteiger partial charge in [-0.25, -0.2) is 9.97 Å². The molecule has 0 aliphatic heterocycles. The number of anilines is 2. The minimum absolute atomic E-state index is 0.566. The van der Waals surface area contributed by atoms with Crippen LogP contribution in [-0.4, -0.2) is 26.8 Å². The third-order valence-corrected chi connectivity index (χ3v) is 3.22. The molecule has 0 saturated heterocycles. The molecular formula is C14H22N6. The first-order chi connectivity index (χ1) is 9.51. The number of hydrogen-bond donors (Lipinski definition) is 1. The van der Waals surface area contributed by atoms with Crippen LogP contribution in [0.4, 0.5) is 11.6 Å². The second-order valence-corrected chi connectivity index (χ2v) is 5.10. The molecule has 2 aromatic rings. The molecule has 20 heavy (non-hydrogen) atoms. The molecule has 0 aromatic carbocycles. The highest BCUT2D eigenvalue weighted by Crippen LogP contribution is 2.22. The summed E-state index contributed by atoms with van der Waals surface area (Å²) >= 11 is 0. The van der Waals surface area contributed by atoms with E-state index in [1.807, 2.05) is 33.4 Å². The van der Waals surface area contributed by atoms with E-state index in [0.29, 0.717) is 5.82 Å². The second-order valence-electron chi connectivity index (χ2n) is 5.10. The molecule has 0 aliphatic carbocycles. The zero-order valence-electron chi connectivity index (χ0n) is 12.6. The molecule has 0 fully saturated rings. The summed E-state index contributed by atoms with van der Waals surface area (Å²) in [7, 11) is 3.92. The number of nitrogen functional groups attached to an aromatic ring is 1. The summed E-state index contributed by atoms with van der Waals surface area (Å²) in [6.45, 7) is 4.81. The van der Waals surface area contributed by atoms with Gasteiger partial charge in [0.2, 0.25) is 0 Å². The predicted molar refractivity (Wildman–Crippen MR) is 80.5 cm³/mol. The fraction of sp³-hybridized carbons (Fsp3) is 0.500. The first kappa shape index (κ1) is 14.3. The van der Waals surface area contributed by atoms with Gasteiger partial charge < -0.3 is 10.6 Å². The first-order valence-corrected chi connectivity index (χ1v) is 6.83. The van der Waals surface area contributed by atoms with Crippen LogP contribution in [0, 0.1) is 6.92 Å². The Bertz CT molecular complexity index is 589. The van der Waals surface area contributed by atoms with Crippen LogP contribution in [0.5, 0.6) is 0 Å². The van der Waals surface area contributed by atoms with Gasteiger partial charge >= 0.3 is 0 Å². The summed E-state index contributed by atoms with van der Waals surface area (Å²) in [5.74, 6) is 2.27. The molecule has 2 rings (SSSR count). The number of nitrogens with zero attached hydrogens (tertiary/aromatic N) is 5. The van der Waals surface area contributed by atoms with Gasteiger partial charge in [-0.15, -0.1) is 0 Å². The highest BCUT2D eigenvalue weighted by atomic mass is 15.2. The van der Waals surface area contributed by atoms with Gasteiger partial charge in [0.05, 0.1) is 6.20 Å². The van der Waals surface area contributed by atoms with Crippen LogP contribution >= 0.6 is 0 Å². The Morgan fingerprint density at radius 1 is 1.35 bits per heavy atom. The molecule has 6 heteroatoms. The van der Waals surface area contributed by atoms with Gasteiger partial charge in [-0.2, -0.15) is 5.10 Å². The van der Waals surface area contributed by atoms with Crippen LogP contribution in [0.25, 0.3) is 0 Å². The van der Waals surface area contributed by atoms with Crippen molar-refractivity contribution in [3.63, 3.8) is 0 Å². The standard InChI is InChI=1S/C14H22N6/c1-5-6-12-17-13(15)10(2)14(18-12)19(3)8-11-7-16-20(4)9-11/h7,9H,5-6,8H2,1-4H3,(H2,15,17,18). The molecule has 0 bridgehead atoms. The van der Waals surface area contributed by atoms with Crippen molar-refractivity contribution in [1.82, 2.24) is 19.7 Å². The molecule has 0 aliphatic rings. The first-order valence-electron chi connectivity index (χ1n) is 6.83. The van der Waals surface area contributed by atoms with E-state index in [0.717, 1.165) is 42.2 Å². The van der Waals surface area contributed by atoms with E-state index in [4.69, 9.17) is 5.73 Å². The molecule has 0 spiro atoms. The lowest BCUT2D eigenvalue weighted by Gasteiger charge is -2.20. The number of nitrogens with two attached hydrogens (primary N) is 1. The number of hydrogen-bond acceptors (Lipinski definition) is 5. The van der Waals surface area contributed by atoms with Crippen LogP contribution in [0.1, 0.15) is 30.3 Å². The second kappa shape index (κ2) is 5.90. The molecule has 0 amide bonds. The lowest BCUT2D eigenvalue weighted by molar-refractivity contribution is 0.765. The topological polar surface area (TPSA) is 72.9 Å². The zero-order valence-corrected chi connectivity index (χ0v) is 12.6. The van der Waals surface area contributed by atoms with Crippen molar-refractivity contribution in [2.24, 2.45) is 7.05 Å². The van der Waals surface area contributed by atoms with E-state index in [2.05, 4.69) is 26.9 Å². The number of aromatic nitrogens is 4. The van der Waals surface area contributed by atoms with Crippen molar-refractivity contribution in [3.05, 3.63) is 29.3 Å². The molecule has 2 aromatic heterocycles. The monoisotopic (exact) mass is 274 g/mol. The molecule has 2 heterocycles. The van der Waals surface area contributed by atoms with Gasteiger partial charge in [-0.05, 0) is 13.3 Å². The Morgan fingerprint density at radius 2 is 2.10 bits per heavy atom. The van der Waals surface area contributed by atoms with E-state index < -0.39 is 0 Å². The minimum Gasteiger partial charge on any atom is -0.383 e. The van der Waals surface area contributed by atoms with Gasteiger partial charge in [0.25, 0.3) is 0 Å². The Hall–Kier alpha value is -2.11. The summed E-state index contributed by atoms with van der Waals surface area (Å²) in [6, 6.07) is 0. The van der Waals surface area contributed by atoms with Crippen LogP contribution in [-0.2, 0) is 20.0 Å². The third-order valence-electron chi connectivity index (χ3n) is 3.22. The Labute approximate surface area is 119 Å². The smallest absolute Gasteiger partial charge is 0.137 e. The minimum atomic E-state index is 0.566. The summed E-state index contributed by atoms with van der Waals surface area (Å²) in [4.78, 5) is 11.1.